The number of hydrogen-bond acceptors (Lipinski definition) is 6. The van der Waals surface area contributed by atoms with Crippen molar-refractivity contribution in [2.45, 2.75) is 39.9 Å². The second-order valence-corrected chi connectivity index (χ2v) is 4.99. The van der Waals surface area contributed by atoms with E-state index >= 15 is 0 Å². The molecule has 2 atom stereocenters. The van der Waals surface area contributed by atoms with Crippen molar-refractivity contribution < 1.29 is 28.6 Å². The van der Waals surface area contributed by atoms with Crippen LogP contribution in [0.25, 0.3) is 0 Å². The van der Waals surface area contributed by atoms with Gasteiger partial charge in [-0.25, -0.2) is 14.4 Å². The van der Waals surface area contributed by atoms with Crippen LogP contribution in [0.1, 0.15) is 27.7 Å². The molecule has 0 rings (SSSR count). The SMILES string of the molecule is C=C(C)C(=O)OCC(OC(=O)C(=C)C)C(C)OC(=O)C(=C)C. The molecule has 0 saturated carbocycles. The maximum absolute atomic E-state index is 11.6. The molecule has 6 heteroatoms. The summed E-state index contributed by atoms with van der Waals surface area (Å²) < 4.78 is 15.2. The summed E-state index contributed by atoms with van der Waals surface area (Å²) in [5.74, 6) is -1.93. The van der Waals surface area contributed by atoms with Crippen molar-refractivity contribution >= 4 is 17.9 Å². The smallest absolute Gasteiger partial charge is 0.333 e. The van der Waals surface area contributed by atoms with E-state index in [1.807, 2.05) is 0 Å². The minimum Gasteiger partial charge on any atom is -0.458 e. The average molecular weight is 310 g/mol. The molecule has 0 radical (unpaired) electrons. The molecule has 6 nitrogen and oxygen atoms in total. The molecule has 0 aromatic rings. The minimum absolute atomic E-state index is 0.176. The molecule has 22 heavy (non-hydrogen) atoms. The standard InChI is InChI=1S/C16H22O6/c1-9(2)14(17)20-8-13(22-16(19)11(5)6)12(7)21-15(18)10(3)4/h12-13H,1,3,5,8H2,2,4,6-7H3. The molecule has 0 aliphatic rings. The Morgan fingerprint density at radius 3 is 1.64 bits per heavy atom. The van der Waals surface area contributed by atoms with Crippen LogP contribution in [-0.4, -0.2) is 36.7 Å². The highest BCUT2D eigenvalue weighted by Gasteiger charge is 2.27. The van der Waals surface area contributed by atoms with Gasteiger partial charge in [-0.1, -0.05) is 19.7 Å². The highest BCUT2D eigenvalue weighted by molar-refractivity contribution is 5.88. The van der Waals surface area contributed by atoms with Gasteiger partial charge in [0.2, 0.25) is 0 Å². The van der Waals surface area contributed by atoms with Crippen molar-refractivity contribution in [2.75, 3.05) is 6.61 Å². The van der Waals surface area contributed by atoms with Crippen LogP contribution >= 0.6 is 0 Å². The van der Waals surface area contributed by atoms with Crippen LogP contribution in [0.4, 0.5) is 0 Å². The van der Waals surface area contributed by atoms with Gasteiger partial charge in [0.25, 0.3) is 0 Å². The summed E-state index contributed by atoms with van der Waals surface area (Å²) in [6.07, 6.45) is -1.79. The van der Waals surface area contributed by atoms with E-state index in [0.717, 1.165) is 0 Å². The van der Waals surface area contributed by atoms with Gasteiger partial charge in [0.15, 0.2) is 6.10 Å². The lowest BCUT2D eigenvalue weighted by Crippen LogP contribution is -2.37. The van der Waals surface area contributed by atoms with E-state index in [1.54, 1.807) is 0 Å². The molecule has 0 bridgehead atoms. The Bertz CT molecular complexity index is 503. The van der Waals surface area contributed by atoms with Crippen LogP contribution in [0.5, 0.6) is 0 Å². The first-order valence-corrected chi connectivity index (χ1v) is 6.61. The highest BCUT2D eigenvalue weighted by Crippen LogP contribution is 2.11. The van der Waals surface area contributed by atoms with E-state index in [2.05, 4.69) is 19.7 Å². The maximum atomic E-state index is 11.6. The van der Waals surface area contributed by atoms with Crippen LogP contribution in [0, 0.1) is 0 Å². The van der Waals surface area contributed by atoms with Gasteiger partial charge in [0.05, 0.1) is 0 Å². The van der Waals surface area contributed by atoms with Crippen molar-refractivity contribution in [3.05, 3.63) is 36.5 Å². The monoisotopic (exact) mass is 310 g/mol. The fourth-order valence-corrected chi connectivity index (χ4v) is 1.13. The summed E-state index contributed by atoms with van der Waals surface area (Å²) in [6, 6.07) is 0. The lowest BCUT2D eigenvalue weighted by atomic mass is 10.2. The first-order valence-electron chi connectivity index (χ1n) is 6.61. The summed E-state index contributed by atoms with van der Waals surface area (Å²) in [5, 5.41) is 0. The summed E-state index contributed by atoms with van der Waals surface area (Å²) in [6.45, 7) is 16.1. The van der Waals surface area contributed by atoms with Gasteiger partial charge in [-0.2, -0.15) is 0 Å². The van der Waals surface area contributed by atoms with Crippen LogP contribution in [0.2, 0.25) is 0 Å². The number of ether oxygens (including phenoxy) is 3. The quantitative estimate of drug-likeness (QED) is 0.388. The van der Waals surface area contributed by atoms with Crippen molar-refractivity contribution in [2.24, 2.45) is 0 Å². The van der Waals surface area contributed by atoms with Crippen molar-refractivity contribution in [1.29, 1.82) is 0 Å². The van der Waals surface area contributed by atoms with Gasteiger partial charge >= 0.3 is 17.9 Å². The lowest BCUT2D eigenvalue weighted by Gasteiger charge is -2.24. The zero-order valence-corrected chi connectivity index (χ0v) is 13.4. The normalized spacial score (nSPS) is 12.5. The van der Waals surface area contributed by atoms with E-state index in [0.29, 0.717) is 0 Å². The fourth-order valence-electron chi connectivity index (χ4n) is 1.13. The first-order chi connectivity index (χ1) is 10.1. The van der Waals surface area contributed by atoms with Crippen LogP contribution in [-0.2, 0) is 28.6 Å². The maximum Gasteiger partial charge on any atom is 0.333 e. The van der Waals surface area contributed by atoms with E-state index in [4.69, 9.17) is 14.2 Å². The van der Waals surface area contributed by atoms with Gasteiger partial charge in [0.1, 0.15) is 12.7 Å². The van der Waals surface area contributed by atoms with Gasteiger partial charge in [-0.3, -0.25) is 0 Å². The summed E-state index contributed by atoms with van der Waals surface area (Å²) in [5.41, 5.74) is 0.585. The molecule has 0 aromatic heterocycles. The molecular formula is C16H22O6. The number of carbonyl (C=O) groups excluding carboxylic acids is 3. The third-order valence-electron chi connectivity index (χ3n) is 2.50. The molecule has 0 fully saturated rings. The van der Waals surface area contributed by atoms with Crippen LogP contribution < -0.4 is 0 Å². The minimum atomic E-state index is -0.962. The van der Waals surface area contributed by atoms with Crippen molar-refractivity contribution in [3.8, 4) is 0 Å². The zero-order chi connectivity index (χ0) is 17.4. The van der Waals surface area contributed by atoms with Crippen molar-refractivity contribution in [1.82, 2.24) is 0 Å². The molecule has 0 heterocycles. The van der Waals surface area contributed by atoms with E-state index in [1.165, 1.54) is 27.7 Å². The molecule has 0 saturated heterocycles. The second kappa shape index (κ2) is 8.81. The number of hydrogen-bond donors (Lipinski definition) is 0. The second-order valence-electron chi connectivity index (χ2n) is 4.99. The Morgan fingerprint density at radius 1 is 0.818 bits per heavy atom. The topological polar surface area (TPSA) is 78.9 Å². The Labute approximate surface area is 130 Å². The Morgan fingerprint density at radius 2 is 1.23 bits per heavy atom. The number of esters is 3. The molecule has 122 valence electrons. The third-order valence-corrected chi connectivity index (χ3v) is 2.50. The molecule has 0 aliphatic carbocycles. The summed E-state index contributed by atoms with van der Waals surface area (Å²) in [4.78, 5) is 34.6. The third kappa shape index (κ3) is 6.88. The molecule has 0 amide bonds. The van der Waals surface area contributed by atoms with Gasteiger partial charge in [-0.05, 0) is 27.7 Å². The predicted molar refractivity (Wildman–Crippen MR) is 80.8 cm³/mol. The van der Waals surface area contributed by atoms with Crippen molar-refractivity contribution in [3.63, 3.8) is 0 Å². The van der Waals surface area contributed by atoms with E-state index in [-0.39, 0.29) is 23.3 Å². The molecule has 0 N–H and O–H groups in total. The van der Waals surface area contributed by atoms with Crippen LogP contribution in [0.3, 0.4) is 0 Å². The molecule has 0 aromatic carbocycles. The Hall–Kier alpha value is -2.37. The molecule has 0 spiro atoms. The first kappa shape index (κ1) is 19.6. The summed E-state index contributed by atoms with van der Waals surface area (Å²) >= 11 is 0. The summed E-state index contributed by atoms with van der Waals surface area (Å²) in [7, 11) is 0. The van der Waals surface area contributed by atoms with Gasteiger partial charge in [-0.15, -0.1) is 0 Å². The van der Waals surface area contributed by atoms with E-state index < -0.39 is 30.1 Å². The fraction of sp³-hybridized carbons (Fsp3) is 0.438. The molecule has 0 aliphatic heterocycles. The Balaban J connectivity index is 4.90. The largest absolute Gasteiger partial charge is 0.458 e. The molecular weight excluding hydrogens is 288 g/mol. The predicted octanol–water partition coefficient (Wildman–Crippen LogP) is 2.10. The van der Waals surface area contributed by atoms with Crippen LogP contribution in [0.15, 0.2) is 36.5 Å². The van der Waals surface area contributed by atoms with Gasteiger partial charge in [0, 0.05) is 16.7 Å². The van der Waals surface area contributed by atoms with E-state index in [9.17, 15) is 14.4 Å². The number of carbonyl (C=O) groups is 3. The zero-order valence-electron chi connectivity index (χ0n) is 13.4. The lowest BCUT2D eigenvalue weighted by molar-refractivity contribution is -0.169. The highest BCUT2D eigenvalue weighted by atomic mass is 16.6. The van der Waals surface area contributed by atoms with Gasteiger partial charge < -0.3 is 14.2 Å². The average Bonchev–Trinajstić information content (AvgIpc) is 2.41. The Kier molecular flexibility index (Phi) is 7.87. The molecule has 2 unspecified atom stereocenters. The number of rotatable bonds is 8.